The van der Waals surface area contributed by atoms with Crippen LogP contribution in [0.2, 0.25) is 0 Å². The summed E-state index contributed by atoms with van der Waals surface area (Å²) in [6.07, 6.45) is 4.60. The van der Waals surface area contributed by atoms with Crippen LogP contribution in [0.1, 0.15) is 39.0 Å². The minimum Gasteiger partial charge on any atom is -0.497 e. The van der Waals surface area contributed by atoms with Gasteiger partial charge in [0.05, 0.1) is 25.8 Å². The molecule has 1 saturated heterocycles. The molecule has 1 aromatic rings. The number of hydrogen-bond acceptors (Lipinski definition) is 4. The van der Waals surface area contributed by atoms with Crippen molar-refractivity contribution in [2.75, 3.05) is 25.7 Å². The molecule has 0 bridgehead atoms. The predicted octanol–water partition coefficient (Wildman–Crippen LogP) is 2.75. The second-order valence-corrected chi connectivity index (χ2v) is 7.41. The highest BCUT2D eigenvalue weighted by atomic mass is 16.5. The van der Waals surface area contributed by atoms with Crippen LogP contribution in [0.3, 0.4) is 0 Å². The van der Waals surface area contributed by atoms with E-state index >= 15 is 0 Å². The first-order chi connectivity index (χ1) is 12.5. The summed E-state index contributed by atoms with van der Waals surface area (Å²) in [5.74, 6) is 1.60. The van der Waals surface area contributed by atoms with Crippen LogP contribution in [0.25, 0.3) is 0 Å². The largest absolute Gasteiger partial charge is 0.497 e. The minimum absolute atomic E-state index is 0.0118. The third-order valence-corrected chi connectivity index (χ3v) is 5.53. The summed E-state index contributed by atoms with van der Waals surface area (Å²) in [5.41, 5.74) is 0.652. The van der Waals surface area contributed by atoms with E-state index in [9.17, 15) is 9.59 Å². The molecule has 1 aliphatic carbocycles. The van der Waals surface area contributed by atoms with Crippen LogP contribution in [0, 0.1) is 11.8 Å². The molecule has 0 spiro atoms. The molecule has 2 amide bonds. The standard InChI is InChI=1S/C20H28N2O4/c1-13-4-6-15(7-5-13)21-20(24)14-10-19(23)22(12-14)17-11-16(25-2)8-9-18(17)26-3/h8-9,11,13-15H,4-7,10,12H2,1-3H3,(H,21,24). The molecule has 1 atom stereocenters. The smallest absolute Gasteiger partial charge is 0.227 e. The Kier molecular flexibility index (Phi) is 5.69. The zero-order chi connectivity index (χ0) is 18.7. The number of carbonyl (C=O) groups excluding carboxylic acids is 2. The summed E-state index contributed by atoms with van der Waals surface area (Å²) >= 11 is 0. The van der Waals surface area contributed by atoms with Gasteiger partial charge in [0.15, 0.2) is 0 Å². The van der Waals surface area contributed by atoms with Crippen LogP contribution in [0.15, 0.2) is 18.2 Å². The van der Waals surface area contributed by atoms with Gasteiger partial charge in [0, 0.05) is 25.1 Å². The number of carbonyl (C=O) groups is 2. The van der Waals surface area contributed by atoms with E-state index in [1.54, 1.807) is 37.3 Å². The molecule has 0 radical (unpaired) electrons. The fourth-order valence-electron chi connectivity index (χ4n) is 3.85. The van der Waals surface area contributed by atoms with Gasteiger partial charge in [-0.15, -0.1) is 0 Å². The number of hydrogen-bond donors (Lipinski definition) is 1. The quantitative estimate of drug-likeness (QED) is 0.877. The highest BCUT2D eigenvalue weighted by Gasteiger charge is 2.37. The molecule has 1 aliphatic heterocycles. The molecule has 1 unspecified atom stereocenters. The Bertz CT molecular complexity index is 668. The predicted molar refractivity (Wildman–Crippen MR) is 99.6 cm³/mol. The molecule has 1 saturated carbocycles. The van der Waals surface area contributed by atoms with Crippen molar-refractivity contribution >= 4 is 17.5 Å². The lowest BCUT2D eigenvalue weighted by Gasteiger charge is -2.28. The first kappa shape index (κ1) is 18.5. The molecule has 2 aliphatic rings. The Morgan fingerprint density at radius 2 is 1.88 bits per heavy atom. The van der Waals surface area contributed by atoms with Gasteiger partial charge in [-0.05, 0) is 43.7 Å². The van der Waals surface area contributed by atoms with Crippen LogP contribution in [0.5, 0.6) is 11.5 Å². The number of ether oxygens (including phenoxy) is 2. The molecular weight excluding hydrogens is 332 g/mol. The number of rotatable bonds is 5. The molecule has 2 fully saturated rings. The first-order valence-corrected chi connectivity index (χ1v) is 9.34. The van der Waals surface area contributed by atoms with Crippen molar-refractivity contribution in [3.05, 3.63) is 18.2 Å². The van der Waals surface area contributed by atoms with Gasteiger partial charge in [0.1, 0.15) is 11.5 Å². The van der Waals surface area contributed by atoms with E-state index in [0.29, 0.717) is 23.7 Å². The minimum atomic E-state index is -0.322. The molecule has 3 rings (SSSR count). The van der Waals surface area contributed by atoms with Gasteiger partial charge in [-0.2, -0.15) is 0 Å². The molecule has 6 nitrogen and oxygen atoms in total. The average Bonchev–Trinajstić information content (AvgIpc) is 3.04. The normalized spacial score (nSPS) is 25.9. The van der Waals surface area contributed by atoms with Gasteiger partial charge in [0.25, 0.3) is 0 Å². The van der Waals surface area contributed by atoms with Gasteiger partial charge in [-0.3, -0.25) is 9.59 Å². The molecule has 6 heteroatoms. The fraction of sp³-hybridized carbons (Fsp3) is 0.600. The number of benzene rings is 1. The maximum absolute atomic E-state index is 12.6. The van der Waals surface area contributed by atoms with Crippen LogP contribution in [-0.4, -0.2) is 38.6 Å². The summed E-state index contributed by atoms with van der Waals surface area (Å²) in [7, 11) is 3.15. The van der Waals surface area contributed by atoms with Gasteiger partial charge in [-0.25, -0.2) is 0 Å². The molecule has 142 valence electrons. The van der Waals surface area contributed by atoms with Crippen LogP contribution >= 0.6 is 0 Å². The average molecular weight is 360 g/mol. The zero-order valence-electron chi connectivity index (χ0n) is 15.8. The van der Waals surface area contributed by atoms with Crippen LogP contribution in [0.4, 0.5) is 5.69 Å². The molecular formula is C20H28N2O4. The zero-order valence-corrected chi connectivity index (χ0v) is 15.8. The lowest BCUT2D eigenvalue weighted by atomic mass is 9.87. The van der Waals surface area contributed by atoms with E-state index in [1.807, 2.05) is 0 Å². The maximum Gasteiger partial charge on any atom is 0.227 e. The van der Waals surface area contributed by atoms with Crippen molar-refractivity contribution < 1.29 is 19.1 Å². The number of nitrogens with zero attached hydrogens (tertiary/aromatic N) is 1. The Morgan fingerprint density at radius 3 is 2.54 bits per heavy atom. The third kappa shape index (κ3) is 3.94. The van der Waals surface area contributed by atoms with E-state index in [0.717, 1.165) is 31.6 Å². The summed E-state index contributed by atoms with van der Waals surface area (Å²) in [6.45, 7) is 2.63. The van der Waals surface area contributed by atoms with E-state index in [4.69, 9.17) is 9.47 Å². The maximum atomic E-state index is 12.6. The van der Waals surface area contributed by atoms with E-state index < -0.39 is 0 Å². The van der Waals surface area contributed by atoms with E-state index in [1.165, 1.54) is 0 Å². The Labute approximate surface area is 154 Å². The fourth-order valence-corrected chi connectivity index (χ4v) is 3.85. The van der Waals surface area contributed by atoms with Crippen LogP contribution < -0.4 is 19.7 Å². The Hall–Kier alpha value is -2.24. The number of amides is 2. The Morgan fingerprint density at radius 1 is 1.15 bits per heavy atom. The van der Waals surface area contributed by atoms with Crippen molar-refractivity contribution in [3.8, 4) is 11.5 Å². The summed E-state index contributed by atoms with van der Waals surface area (Å²) < 4.78 is 10.6. The first-order valence-electron chi connectivity index (χ1n) is 9.34. The topological polar surface area (TPSA) is 67.9 Å². The second-order valence-electron chi connectivity index (χ2n) is 7.41. The van der Waals surface area contributed by atoms with Crippen LogP contribution in [-0.2, 0) is 9.59 Å². The lowest BCUT2D eigenvalue weighted by molar-refractivity contribution is -0.127. The highest BCUT2D eigenvalue weighted by molar-refractivity contribution is 6.01. The summed E-state index contributed by atoms with van der Waals surface area (Å²) in [4.78, 5) is 26.8. The van der Waals surface area contributed by atoms with Gasteiger partial charge >= 0.3 is 0 Å². The van der Waals surface area contributed by atoms with E-state index in [-0.39, 0.29) is 30.2 Å². The van der Waals surface area contributed by atoms with Gasteiger partial charge in [-0.1, -0.05) is 6.92 Å². The van der Waals surface area contributed by atoms with Gasteiger partial charge in [0.2, 0.25) is 11.8 Å². The van der Waals surface area contributed by atoms with Crippen molar-refractivity contribution in [2.45, 2.75) is 45.1 Å². The number of anilines is 1. The van der Waals surface area contributed by atoms with Crippen molar-refractivity contribution in [3.63, 3.8) is 0 Å². The molecule has 0 aromatic heterocycles. The summed E-state index contributed by atoms with van der Waals surface area (Å²) in [5, 5.41) is 3.15. The van der Waals surface area contributed by atoms with Crippen molar-refractivity contribution in [1.82, 2.24) is 5.32 Å². The second kappa shape index (κ2) is 7.98. The number of nitrogens with one attached hydrogen (secondary N) is 1. The molecule has 1 N–H and O–H groups in total. The highest BCUT2D eigenvalue weighted by Crippen LogP contribution is 2.36. The summed E-state index contributed by atoms with van der Waals surface area (Å²) in [6, 6.07) is 5.59. The van der Waals surface area contributed by atoms with E-state index in [2.05, 4.69) is 12.2 Å². The monoisotopic (exact) mass is 360 g/mol. The molecule has 1 heterocycles. The Balaban J connectivity index is 1.68. The SMILES string of the molecule is COc1ccc(OC)c(N2CC(C(=O)NC3CCC(C)CC3)CC2=O)c1. The molecule has 1 aromatic carbocycles. The molecule has 26 heavy (non-hydrogen) atoms. The lowest BCUT2D eigenvalue weighted by Crippen LogP contribution is -2.41. The van der Waals surface area contributed by atoms with Gasteiger partial charge < -0.3 is 19.7 Å². The third-order valence-electron chi connectivity index (χ3n) is 5.53. The van der Waals surface area contributed by atoms with Crippen molar-refractivity contribution in [1.29, 1.82) is 0 Å². The number of methoxy groups -OCH3 is 2. The van der Waals surface area contributed by atoms with Crippen molar-refractivity contribution in [2.24, 2.45) is 11.8 Å².